The first-order chi connectivity index (χ1) is 12.9. The van der Waals surface area contributed by atoms with Gasteiger partial charge in [0.25, 0.3) is 5.91 Å². The minimum absolute atomic E-state index is 0. The first-order valence-electron chi connectivity index (χ1n) is 9.27. The third-order valence-electron chi connectivity index (χ3n) is 4.46. The number of thiazole rings is 1. The van der Waals surface area contributed by atoms with E-state index in [1.165, 1.54) is 11.1 Å². The van der Waals surface area contributed by atoms with Crippen molar-refractivity contribution in [3.63, 3.8) is 0 Å². The average Bonchev–Trinajstić information content (AvgIpc) is 3.24. The Balaban J connectivity index is 0.00000280. The van der Waals surface area contributed by atoms with Crippen molar-refractivity contribution in [2.75, 3.05) is 32.1 Å². The van der Waals surface area contributed by atoms with Crippen LogP contribution in [0.25, 0.3) is 10.2 Å². The zero-order valence-corrected chi connectivity index (χ0v) is 18.7. The number of amides is 1. The van der Waals surface area contributed by atoms with Crippen LogP contribution in [0.1, 0.15) is 35.0 Å². The molecule has 2 heterocycles. The van der Waals surface area contributed by atoms with Crippen molar-refractivity contribution in [1.82, 2.24) is 19.7 Å². The average molecular weight is 422 g/mol. The van der Waals surface area contributed by atoms with Crippen molar-refractivity contribution in [2.45, 2.75) is 33.7 Å². The molecule has 0 fully saturated rings. The summed E-state index contributed by atoms with van der Waals surface area (Å²) in [7, 11) is 4.08. The van der Waals surface area contributed by atoms with E-state index in [9.17, 15) is 4.79 Å². The molecule has 0 aliphatic carbocycles. The molecule has 0 atom stereocenters. The first kappa shape index (κ1) is 22.3. The van der Waals surface area contributed by atoms with Gasteiger partial charge in [-0.1, -0.05) is 17.4 Å². The van der Waals surface area contributed by atoms with E-state index in [4.69, 9.17) is 4.98 Å². The summed E-state index contributed by atoms with van der Waals surface area (Å²) in [6.45, 7) is 8.45. The van der Waals surface area contributed by atoms with Crippen LogP contribution in [0.4, 0.5) is 5.13 Å². The van der Waals surface area contributed by atoms with E-state index in [2.05, 4.69) is 36.0 Å². The highest BCUT2D eigenvalue weighted by Crippen LogP contribution is 2.32. The van der Waals surface area contributed by atoms with Gasteiger partial charge in [0.05, 0.1) is 10.2 Å². The van der Waals surface area contributed by atoms with Crippen LogP contribution in [-0.2, 0) is 6.54 Å². The van der Waals surface area contributed by atoms with Crippen LogP contribution in [-0.4, -0.2) is 52.8 Å². The van der Waals surface area contributed by atoms with Crippen molar-refractivity contribution in [3.8, 4) is 0 Å². The molecule has 0 radical (unpaired) electrons. The number of aryl methyl sites for hydroxylation is 3. The second-order valence-corrected chi connectivity index (χ2v) is 8.07. The van der Waals surface area contributed by atoms with Gasteiger partial charge in [0.15, 0.2) is 10.8 Å². The molecule has 0 bridgehead atoms. The number of nitrogens with zero attached hydrogens (tertiary/aromatic N) is 5. The summed E-state index contributed by atoms with van der Waals surface area (Å²) < 4.78 is 2.91. The summed E-state index contributed by atoms with van der Waals surface area (Å²) in [6, 6.07) is 6.02. The Kier molecular flexibility index (Phi) is 7.57. The number of fused-ring (bicyclic) bond motifs is 1. The zero-order chi connectivity index (χ0) is 19.6. The quantitative estimate of drug-likeness (QED) is 0.575. The third-order valence-corrected chi connectivity index (χ3v) is 5.69. The Labute approximate surface area is 176 Å². The van der Waals surface area contributed by atoms with Crippen LogP contribution < -0.4 is 4.90 Å². The SMILES string of the molecule is CCn1ccc(C(=O)N(CCCN(C)C)c2nc3cc(C)cc(C)c3s2)n1.Cl. The van der Waals surface area contributed by atoms with Crippen molar-refractivity contribution < 1.29 is 4.79 Å². The smallest absolute Gasteiger partial charge is 0.280 e. The van der Waals surface area contributed by atoms with E-state index >= 15 is 0 Å². The van der Waals surface area contributed by atoms with E-state index in [1.54, 1.807) is 27.0 Å². The molecule has 6 nitrogen and oxygen atoms in total. The lowest BCUT2D eigenvalue weighted by atomic mass is 10.1. The summed E-state index contributed by atoms with van der Waals surface area (Å²) in [5.74, 6) is -0.0885. The third kappa shape index (κ3) is 4.90. The highest BCUT2D eigenvalue weighted by Gasteiger charge is 2.23. The van der Waals surface area contributed by atoms with Gasteiger partial charge in [0.1, 0.15) is 0 Å². The van der Waals surface area contributed by atoms with E-state index in [0.29, 0.717) is 12.2 Å². The zero-order valence-electron chi connectivity index (χ0n) is 17.1. The number of benzene rings is 1. The van der Waals surface area contributed by atoms with Crippen LogP contribution >= 0.6 is 23.7 Å². The maximum absolute atomic E-state index is 13.2. The molecule has 3 aromatic rings. The molecule has 0 spiro atoms. The molecule has 28 heavy (non-hydrogen) atoms. The molecular formula is C20H28ClN5OS. The number of carbonyl (C=O) groups excluding carboxylic acids is 1. The molecule has 0 aliphatic heterocycles. The maximum atomic E-state index is 13.2. The highest BCUT2D eigenvalue weighted by molar-refractivity contribution is 7.22. The minimum Gasteiger partial charge on any atom is -0.309 e. The Hall–Kier alpha value is -1.96. The van der Waals surface area contributed by atoms with Crippen molar-refractivity contribution in [3.05, 3.63) is 41.2 Å². The van der Waals surface area contributed by atoms with Gasteiger partial charge in [-0.15, -0.1) is 12.4 Å². The lowest BCUT2D eigenvalue weighted by Crippen LogP contribution is -2.33. The number of aromatic nitrogens is 3. The van der Waals surface area contributed by atoms with E-state index in [0.717, 1.165) is 34.9 Å². The van der Waals surface area contributed by atoms with E-state index in [-0.39, 0.29) is 18.3 Å². The van der Waals surface area contributed by atoms with E-state index < -0.39 is 0 Å². The largest absolute Gasteiger partial charge is 0.309 e. The van der Waals surface area contributed by atoms with Crippen LogP contribution in [0.2, 0.25) is 0 Å². The Morgan fingerprint density at radius 3 is 2.61 bits per heavy atom. The number of carbonyl (C=O) groups is 1. The second kappa shape index (κ2) is 9.49. The van der Waals surface area contributed by atoms with Gasteiger partial charge in [0, 0.05) is 19.3 Å². The van der Waals surface area contributed by atoms with Gasteiger partial charge in [0.2, 0.25) is 0 Å². The van der Waals surface area contributed by atoms with Crippen molar-refractivity contribution in [1.29, 1.82) is 0 Å². The lowest BCUT2D eigenvalue weighted by Gasteiger charge is -2.20. The molecule has 0 unspecified atom stereocenters. The van der Waals surface area contributed by atoms with Crippen LogP contribution in [0.5, 0.6) is 0 Å². The molecule has 2 aromatic heterocycles. The minimum atomic E-state index is -0.0885. The van der Waals surface area contributed by atoms with Gasteiger partial charge in [-0.25, -0.2) is 4.98 Å². The number of rotatable bonds is 7. The van der Waals surface area contributed by atoms with Crippen molar-refractivity contribution in [2.24, 2.45) is 0 Å². The van der Waals surface area contributed by atoms with Crippen LogP contribution in [0.15, 0.2) is 24.4 Å². The fraction of sp³-hybridized carbons (Fsp3) is 0.450. The van der Waals surface area contributed by atoms with Gasteiger partial charge >= 0.3 is 0 Å². The van der Waals surface area contributed by atoms with Crippen LogP contribution in [0.3, 0.4) is 0 Å². The lowest BCUT2D eigenvalue weighted by molar-refractivity contribution is 0.0980. The molecular weight excluding hydrogens is 394 g/mol. The number of hydrogen-bond acceptors (Lipinski definition) is 5. The number of halogens is 1. The normalized spacial score (nSPS) is 11.1. The predicted molar refractivity (Wildman–Crippen MR) is 119 cm³/mol. The van der Waals surface area contributed by atoms with Gasteiger partial charge < -0.3 is 4.90 Å². The molecule has 8 heteroatoms. The molecule has 0 saturated heterocycles. The summed E-state index contributed by atoms with van der Waals surface area (Å²) in [6.07, 6.45) is 2.72. The Morgan fingerprint density at radius 1 is 1.21 bits per heavy atom. The highest BCUT2D eigenvalue weighted by atomic mass is 35.5. The first-order valence-corrected chi connectivity index (χ1v) is 10.1. The fourth-order valence-electron chi connectivity index (χ4n) is 3.10. The molecule has 152 valence electrons. The van der Waals surface area contributed by atoms with Gasteiger partial charge in [-0.05, 0) is 71.1 Å². The predicted octanol–water partition coefficient (Wildman–Crippen LogP) is 4.15. The monoisotopic (exact) mass is 421 g/mol. The summed E-state index contributed by atoms with van der Waals surface area (Å²) in [5.41, 5.74) is 3.81. The Morgan fingerprint density at radius 2 is 1.96 bits per heavy atom. The Bertz CT molecular complexity index is 949. The summed E-state index contributed by atoms with van der Waals surface area (Å²) >= 11 is 1.58. The van der Waals surface area contributed by atoms with E-state index in [1.807, 2.05) is 27.2 Å². The van der Waals surface area contributed by atoms with Gasteiger partial charge in [-0.2, -0.15) is 5.10 Å². The number of hydrogen-bond donors (Lipinski definition) is 0. The molecule has 1 aromatic carbocycles. The topological polar surface area (TPSA) is 54.3 Å². The summed E-state index contributed by atoms with van der Waals surface area (Å²) in [4.78, 5) is 21.9. The molecule has 0 saturated carbocycles. The summed E-state index contributed by atoms with van der Waals surface area (Å²) in [5, 5.41) is 5.14. The standard InChI is InChI=1S/C20H27N5OS.ClH/c1-6-24-11-8-16(22-24)19(26)25(10-7-9-23(4)5)20-21-17-13-14(2)12-15(3)18(17)27-20;/h8,11-13H,6-7,9-10H2,1-5H3;1H. The number of anilines is 1. The second-order valence-electron chi connectivity index (χ2n) is 7.10. The van der Waals surface area contributed by atoms with Gasteiger partial charge in [-0.3, -0.25) is 14.4 Å². The van der Waals surface area contributed by atoms with Crippen LogP contribution in [0, 0.1) is 13.8 Å². The fourth-order valence-corrected chi connectivity index (χ4v) is 4.14. The molecule has 0 N–H and O–H groups in total. The van der Waals surface area contributed by atoms with Crippen molar-refractivity contribution >= 4 is 45.0 Å². The molecule has 0 aliphatic rings. The maximum Gasteiger partial charge on any atom is 0.280 e. The molecule has 1 amide bonds. The molecule has 3 rings (SSSR count).